The summed E-state index contributed by atoms with van der Waals surface area (Å²) in [5.41, 5.74) is 7.66. The number of anilines is 1. The molecule has 3 N–H and O–H groups in total. The molecule has 0 aliphatic carbocycles. The fraction of sp³-hybridized carbons (Fsp3) is 0.300. The van der Waals surface area contributed by atoms with Crippen LogP contribution in [-0.2, 0) is 11.2 Å². The number of hydrogen-bond donors (Lipinski definition) is 2. The van der Waals surface area contributed by atoms with Gasteiger partial charge in [0.2, 0.25) is 0 Å². The molecule has 1 aromatic rings. The average molecular weight is 318 g/mol. The number of nitrogens with two attached hydrogens (primary N) is 1. The highest BCUT2D eigenvalue weighted by molar-refractivity contribution is 14.1. The van der Waals surface area contributed by atoms with E-state index in [0.717, 1.165) is 21.2 Å². The van der Waals surface area contributed by atoms with E-state index in [1.807, 2.05) is 18.2 Å². The van der Waals surface area contributed by atoms with E-state index in [2.05, 4.69) is 27.9 Å². The minimum atomic E-state index is -0.329. The van der Waals surface area contributed by atoms with E-state index >= 15 is 0 Å². The molecule has 4 nitrogen and oxygen atoms in total. The normalized spacial score (nSPS) is 19.8. The lowest BCUT2D eigenvalue weighted by molar-refractivity contribution is 0.177. The quantitative estimate of drug-likeness (QED) is 0.642. The molecule has 80 valence electrons. The molecule has 1 amide bonds. The number of rotatable bonds is 2. The van der Waals surface area contributed by atoms with E-state index in [1.165, 1.54) is 0 Å². The summed E-state index contributed by atoms with van der Waals surface area (Å²) in [6, 6.07) is 5.97. The highest BCUT2D eigenvalue weighted by Crippen LogP contribution is 2.18. The number of hydrogen-bond acceptors (Lipinski definition) is 3. The second kappa shape index (κ2) is 4.26. The molecule has 1 saturated heterocycles. The number of cyclic esters (lactones) is 1. The first-order chi connectivity index (χ1) is 7.15. The Bertz CT molecular complexity index is 395. The third-order valence-electron chi connectivity index (χ3n) is 2.28. The van der Waals surface area contributed by atoms with Crippen LogP contribution in [0.25, 0.3) is 0 Å². The van der Waals surface area contributed by atoms with Crippen molar-refractivity contribution in [3.05, 3.63) is 27.3 Å². The summed E-state index contributed by atoms with van der Waals surface area (Å²) in [7, 11) is 0. The topological polar surface area (TPSA) is 64.3 Å². The molecule has 0 saturated carbocycles. The summed E-state index contributed by atoms with van der Waals surface area (Å²) in [4.78, 5) is 10.8. The van der Waals surface area contributed by atoms with Gasteiger partial charge in [-0.25, -0.2) is 4.79 Å². The highest BCUT2D eigenvalue weighted by atomic mass is 127. The molecule has 0 aromatic heterocycles. The number of amides is 1. The van der Waals surface area contributed by atoms with Crippen molar-refractivity contribution in [3.63, 3.8) is 0 Å². The predicted octanol–water partition coefficient (Wildman–Crippen LogP) is 1.52. The van der Waals surface area contributed by atoms with E-state index in [4.69, 9.17) is 10.5 Å². The molecule has 2 rings (SSSR count). The molecule has 1 atom stereocenters. The van der Waals surface area contributed by atoms with Gasteiger partial charge in [-0.05, 0) is 46.7 Å². The van der Waals surface area contributed by atoms with Crippen LogP contribution < -0.4 is 11.1 Å². The lowest BCUT2D eigenvalue weighted by Crippen LogP contribution is -2.28. The number of alkyl carbamates (subject to hydrolysis) is 1. The molecule has 0 spiro atoms. The summed E-state index contributed by atoms with van der Waals surface area (Å²) in [5, 5.41) is 2.74. The number of halogens is 1. The molecule has 1 aliphatic rings. The summed E-state index contributed by atoms with van der Waals surface area (Å²) < 4.78 is 5.85. The van der Waals surface area contributed by atoms with Crippen LogP contribution in [0.5, 0.6) is 0 Å². The fourth-order valence-corrected chi connectivity index (χ4v) is 2.10. The van der Waals surface area contributed by atoms with Crippen molar-refractivity contribution in [2.75, 3.05) is 12.3 Å². The molecule has 1 aliphatic heterocycles. The third-order valence-corrected chi connectivity index (χ3v) is 3.22. The number of ether oxygens (including phenoxy) is 1. The van der Waals surface area contributed by atoms with E-state index in [1.54, 1.807) is 0 Å². The van der Waals surface area contributed by atoms with E-state index in [0.29, 0.717) is 6.61 Å². The second-order valence-corrected chi connectivity index (χ2v) is 4.66. The summed E-state index contributed by atoms with van der Waals surface area (Å²) >= 11 is 2.20. The maximum atomic E-state index is 10.8. The van der Waals surface area contributed by atoms with Gasteiger partial charge >= 0.3 is 6.09 Å². The molecule has 5 heteroatoms. The molecule has 15 heavy (non-hydrogen) atoms. The Hall–Kier alpha value is -0.980. The van der Waals surface area contributed by atoms with Gasteiger partial charge in [0, 0.05) is 9.26 Å². The van der Waals surface area contributed by atoms with Crippen molar-refractivity contribution in [2.45, 2.75) is 12.5 Å². The zero-order valence-electron chi connectivity index (χ0n) is 8.00. The van der Waals surface area contributed by atoms with Gasteiger partial charge in [0.15, 0.2) is 0 Å². The van der Waals surface area contributed by atoms with Crippen LogP contribution in [0.15, 0.2) is 18.2 Å². The van der Waals surface area contributed by atoms with E-state index in [9.17, 15) is 4.79 Å². The zero-order chi connectivity index (χ0) is 10.8. The minimum absolute atomic E-state index is 0.0805. The monoisotopic (exact) mass is 318 g/mol. The van der Waals surface area contributed by atoms with Crippen molar-refractivity contribution in [3.8, 4) is 0 Å². The van der Waals surface area contributed by atoms with Gasteiger partial charge in [0.25, 0.3) is 0 Å². The van der Waals surface area contributed by atoms with Crippen molar-refractivity contribution < 1.29 is 9.53 Å². The Morgan fingerprint density at radius 1 is 1.60 bits per heavy atom. The molecular formula is C10H11IN2O2. The number of nitrogens with one attached hydrogen (secondary N) is 1. The molecule has 0 radical (unpaired) electrons. The Kier molecular flexibility index (Phi) is 2.99. The average Bonchev–Trinajstić information content (AvgIpc) is 2.58. The van der Waals surface area contributed by atoms with Crippen LogP contribution in [0.3, 0.4) is 0 Å². The van der Waals surface area contributed by atoms with Gasteiger partial charge in [-0.15, -0.1) is 0 Å². The fourth-order valence-electron chi connectivity index (χ4n) is 1.52. The van der Waals surface area contributed by atoms with Gasteiger partial charge in [-0.2, -0.15) is 0 Å². The minimum Gasteiger partial charge on any atom is -0.447 e. The van der Waals surface area contributed by atoms with Crippen molar-refractivity contribution in [2.24, 2.45) is 0 Å². The Balaban J connectivity index is 2.05. The van der Waals surface area contributed by atoms with Crippen molar-refractivity contribution >= 4 is 34.4 Å². The lowest BCUT2D eigenvalue weighted by atomic mass is 10.1. The van der Waals surface area contributed by atoms with Crippen LogP contribution in [0, 0.1) is 3.57 Å². The molecule has 1 unspecified atom stereocenters. The number of carbonyl (C=O) groups is 1. The summed E-state index contributed by atoms with van der Waals surface area (Å²) in [6.07, 6.45) is 0.451. The first kappa shape index (κ1) is 10.5. The molecule has 1 fully saturated rings. The Morgan fingerprint density at radius 3 is 3.00 bits per heavy atom. The maximum Gasteiger partial charge on any atom is 0.407 e. The second-order valence-electron chi connectivity index (χ2n) is 3.50. The molecule has 0 bridgehead atoms. The van der Waals surface area contributed by atoms with Gasteiger partial charge in [0.05, 0.1) is 6.04 Å². The van der Waals surface area contributed by atoms with Gasteiger partial charge < -0.3 is 15.8 Å². The molecule has 1 aromatic carbocycles. The third kappa shape index (κ3) is 2.53. The van der Waals surface area contributed by atoms with Crippen molar-refractivity contribution in [1.29, 1.82) is 0 Å². The summed E-state index contributed by atoms with van der Waals surface area (Å²) in [5.74, 6) is 0. The maximum absolute atomic E-state index is 10.8. The standard InChI is InChI=1S/C10H11IN2O2/c11-8-4-6(1-2-9(8)12)3-7-5-15-10(14)13-7/h1-2,4,7H,3,5,12H2,(H,13,14). The van der Waals surface area contributed by atoms with Gasteiger partial charge in [-0.3, -0.25) is 0 Å². The lowest BCUT2D eigenvalue weighted by Gasteiger charge is -2.08. The van der Waals surface area contributed by atoms with Crippen LogP contribution in [-0.4, -0.2) is 18.7 Å². The smallest absolute Gasteiger partial charge is 0.407 e. The first-order valence-electron chi connectivity index (χ1n) is 4.62. The highest BCUT2D eigenvalue weighted by Gasteiger charge is 2.22. The SMILES string of the molecule is Nc1ccc(CC2COC(=O)N2)cc1I. The summed E-state index contributed by atoms with van der Waals surface area (Å²) in [6.45, 7) is 0.444. The van der Waals surface area contributed by atoms with Crippen LogP contribution in [0.1, 0.15) is 5.56 Å². The molecular weight excluding hydrogens is 307 g/mol. The number of benzene rings is 1. The van der Waals surface area contributed by atoms with Crippen LogP contribution in [0.2, 0.25) is 0 Å². The first-order valence-corrected chi connectivity index (χ1v) is 5.70. The Labute approximate surface area is 101 Å². The Morgan fingerprint density at radius 2 is 2.40 bits per heavy atom. The predicted molar refractivity (Wildman–Crippen MR) is 65.5 cm³/mol. The van der Waals surface area contributed by atoms with E-state index < -0.39 is 0 Å². The van der Waals surface area contributed by atoms with Crippen LogP contribution in [0.4, 0.5) is 10.5 Å². The van der Waals surface area contributed by atoms with Gasteiger partial charge in [0.1, 0.15) is 6.61 Å². The zero-order valence-corrected chi connectivity index (χ0v) is 10.2. The molecule has 1 heterocycles. The van der Waals surface area contributed by atoms with Gasteiger partial charge in [-0.1, -0.05) is 6.07 Å². The number of carbonyl (C=O) groups excluding carboxylic acids is 1. The largest absolute Gasteiger partial charge is 0.447 e. The van der Waals surface area contributed by atoms with E-state index in [-0.39, 0.29) is 12.1 Å². The van der Waals surface area contributed by atoms with Crippen molar-refractivity contribution in [1.82, 2.24) is 5.32 Å². The number of nitrogen functional groups attached to an aromatic ring is 1. The van der Waals surface area contributed by atoms with Crippen LogP contribution >= 0.6 is 22.6 Å².